The smallest absolute Gasteiger partial charge is 0.160 e. The Hall–Kier alpha value is -7.04. The molecule has 0 amide bonds. The fourth-order valence-electron chi connectivity index (χ4n) is 8.90. The molecule has 4 heteroatoms. The van der Waals surface area contributed by atoms with E-state index in [1.807, 2.05) is 6.07 Å². The van der Waals surface area contributed by atoms with Gasteiger partial charge in [-0.2, -0.15) is 0 Å². The first-order valence-corrected chi connectivity index (χ1v) is 18.9. The lowest BCUT2D eigenvalue weighted by Gasteiger charge is -2.36. The van der Waals surface area contributed by atoms with Crippen molar-refractivity contribution in [3.63, 3.8) is 0 Å². The molecule has 0 fully saturated rings. The average molecular weight is 705 g/mol. The maximum Gasteiger partial charge on any atom is 0.160 e. The third-order valence-corrected chi connectivity index (χ3v) is 11.5. The van der Waals surface area contributed by atoms with Crippen molar-refractivity contribution in [2.75, 3.05) is 4.90 Å². The van der Waals surface area contributed by atoms with Crippen LogP contribution in [0.3, 0.4) is 0 Å². The normalized spacial score (nSPS) is 13.1. The van der Waals surface area contributed by atoms with Crippen LogP contribution in [-0.2, 0) is 5.41 Å². The van der Waals surface area contributed by atoms with Crippen LogP contribution in [0.2, 0.25) is 0 Å². The van der Waals surface area contributed by atoms with Crippen LogP contribution in [0.1, 0.15) is 25.0 Å². The summed E-state index contributed by atoms with van der Waals surface area (Å²) in [5.41, 5.74) is 13.1. The van der Waals surface area contributed by atoms with Crippen LogP contribution in [0.4, 0.5) is 17.1 Å². The fraction of sp³-hybridized carbons (Fsp3) is 0.0588. The number of aromatic nitrogens is 3. The van der Waals surface area contributed by atoms with E-state index in [2.05, 4.69) is 199 Å². The van der Waals surface area contributed by atoms with Crippen molar-refractivity contribution in [1.29, 1.82) is 0 Å². The van der Waals surface area contributed by atoms with Crippen LogP contribution < -0.4 is 4.90 Å². The van der Waals surface area contributed by atoms with Crippen molar-refractivity contribution in [3.05, 3.63) is 193 Å². The number of para-hydroxylation sites is 3. The molecule has 10 aromatic rings. The number of nitrogens with zero attached hydrogens (tertiary/aromatic N) is 4. The Labute approximate surface area is 319 Å². The first-order chi connectivity index (χ1) is 27.0. The largest absolute Gasteiger partial charge is 0.310 e. The number of hydrogen-bond acceptors (Lipinski definition) is 3. The molecule has 0 aliphatic carbocycles. The zero-order valence-electron chi connectivity index (χ0n) is 30.6. The summed E-state index contributed by atoms with van der Waals surface area (Å²) < 4.78 is 2.51. The van der Waals surface area contributed by atoms with Gasteiger partial charge in [-0.15, -0.1) is 0 Å². The van der Waals surface area contributed by atoms with Crippen LogP contribution in [0.5, 0.6) is 0 Å². The Morgan fingerprint density at radius 3 is 1.89 bits per heavy atom. The summed E-state index contributed by atoms with van der Waals surface area (Å²) in [5, 5.41) is 6.07. The highest BCUT2D eigenvalue weighted by molar-refractivity contribution is 6.23. The Bertz CT molecular complexity index is 3070. The van der Waals surface area contributed by atoms with Gasteiger partial charge in [-0.3, -0.25) is 0 Å². The molecule has 0 radical (unpaired) electrons. The maximum atomic E-state index is 5.28. The van der Waals surface area contributed by atoms with Gasteiger partial charge in [-0.05, 0) is 88.6 Å². The van der Waals surface area contributed by atoms with Gasteiger partial charge in [-0.25, -0.2) is 9.97 Å². The second-order valence-electron chi connectivity index (χ2n) is 15.0. The van der Waals surface area contributed by atoms with Gasteiger partial charge in [-0.1, -0.05) is 129 Å². The van der Waals surface area contributed by atoms with Crippen molar-refractivity contribution >= 4 is 60.5 Å². The average Bonchev–Trinajstić information content (AvgIpc) is 3.58. The number of hydrogen-bond donors (Lipinski definition) is 0. The summed E-state index contributed by atoms with van der Waals surface area (Å²) in [5.74, 6) is 0.725. The lowest BCUT2D eigenvalue weighted by Crippen LogP contribution is -2.27. The van der Waals surface area contributed by atoms with Gasteiger partial charge < -0.3 is 9.47 Å². The lowest BCUT2D eigenvalue weighted by atomic mass is 9.74. The van der Waals surface area contributed by atoms with E-state index in [0.29, 0.717) is 0 Å². The molecule has 11 rings (SSSR count). The molecule has 3 heterocycles. The molecule has 8 aromatic carbocycles. The molecule has 0 atom stereocenters. The molecule has 55 heavy (non-hydrogen) atoms. The Morgan fingerprint density at radius 1 is 0.491 bits per heavy atom. The van der Waals surface area contributed by atoms with Crippen molar-refractivity contribution < 1.29 is 0 Å². The molecule has 2 aromatic heterocycles. The molecular weight excluding hydrogens is 669 g/mol. The maximum absolute atomic E-state index is 5.28. The predicted molar refractivity (Wildman–Crippen MR) is 229 cm³/mol. The SMILES string of the molecule is CC1(C)c2cc(-c3nc(-c4ccccc4)c4ccccc4n3)ccc2-n2c3ccc4ccccc4c3c3cc(N(c4ccccc4)c4ccccc4)cc1c32. The van der Waals surface area contributed by atoms with E-state index >= 15 is 0 Å². The highest BCUT2D eigenvalue weighted by Gasteiger charge is 2.37. The molecule has 1 aliphatic heterocycles. The van der Waals surface area contributed by atoms with Gasteiger partial charge in [0, 0.05) is 49.8 Å². The van der Waals surface area contributed by atoms with Crippen molar-refractivity contribution in [2.24, 2.45) is 0 Å². The third kappa shape index (κ3) is 4.78. The van der Waals surface area contributed by atoms with E-state index in [1.165, 1.54) is 49.4 Å². The zero-order chi connectivity index (χ0) is 36.7. The first-order valence-electron chi connectivity index (χ1n) is 18.9. The lowest BCUT2D eigenvalue weighted by molar-refractivity contribution is 0.630. The summed E-state index contributed by atoms with van der Waals surface area (Å²) in [4.78, 5) is 12.8. The summed E-state index contributed by atoms with van der Waals surface area (Å²) in [6.45, 7) is 4.75. The second-order valence-corrected chi connectivity index (χ2v) is 15.0. The first kappa shape index (κ1) is 31.5. The molecule has 1 aliphatic rings. The number of fused-ring (bicyclic) bond motifs is 8. The molecule has 0 saturated heterocycles. The minimum absolute atomic E-state index is 0.363. The number of anilines is 3. The number of rotatable bonds is 5. The predicted octanol–water partition coefficient (Wildman–Crippen LogP) is 13.3. The molecular formula is C51H36N4. The Morgan fingerprint density at radius 2 is 1.15 bits per heavy atom. The summed E-state index contributed by atoms with van der Waals surface area (Å²) in [6.07, 6.45) is 0. The minimum Gasteiger partial charge on any atom is -0.310 e. The van der Waals surface area contributed by atoms with Gasteiger partial charge in [0.25, 0.3) is 0 Å². The van der Waals surface area contributed by atoms with E-state index in [4.69, 9.17) is 9.97 Å². The standard InChI is InChI=1S/C51H36N4/c1-51(2)42-30-35(50-52-44-25-15-14-24-40(44)48(53-50)34-17-6-3-7-18-34)27-28-45(42)55-46-29-26-33-16-12-13-23-39(33)47(46)41-31-38(32-43(51)49(41)55)54(36-19-8-4-9-20-36)37-21-10-5-11-22-37/h3-32H,1-2H3. The van der Waals surface area contributed by atoms with Gasteiger partial charge in [0.05, 0.1) is 27.9 Å². The monoisotopic (exact) mass is 704 g/mol. The summed E-state index contributed by atoms with van der Waals surface area (Å²) >= 11 is 0. The highest BCUT2D eigenvalue weighted by atomic mass is 15.1. The quantitative estimate of drug-likeness (QED) is 0.179. The second kappa shape index (κ2) is 12.0. The molecule has 0 unspecified atom stereocenters. The van der Waals surface area contributed by atoms with Crippen LogP contribution in [-0.4, -0.2) is 14.5 Å². The van der Waals surface area contributed by atoms with Gasteiger partial charge >= 0.3 is 0 Å². The fourth-order valence-corrected chi connectivity index (χ4v) is 8.90. The van der Waals surface area contributed by atoms with Crippen molar-refractivity contribution in [2.45, 2.75) is 19.3 Å². The van der Waals surface area contributed by atoms with Gasteiger partial charge in [0.1, 0.15) is 0 Å². The van der Waals surface area contributed by atoms with Gasteiger partial charge in [0.2, 0.25) is 0 Å². The van der Waals surface area contributed by atoms with E-state index in [1.54, 1.807) is 0 Å². The molecule has 0 N–H and O–H groups in total. The van der Waals surface area contributed by atoms with E-state index < -0.39 is 0 Å². The highest BCUT2D eigenvalue weighted by Crippen LogP contribution is 2.52. The van der Waals surface area contributed by atoms with Crippen molar-refractivity contribution in [3.8, 4) is 28.3 Å². The van der Waals surface area contributed by atoms with E-state index in [-0.39, 0.29) is 5.41 Å². The topological polar surface area (TPSA) is 34.0 Å². The molecule has 0 spiro atoms. The summed E-state index contributed by atoms with van der Waals surface area (Å²) in [6, 6.07) is 65.2. The molecule has 4 nitrogen and oxygen atoms in total. The third-order valence-electron chi connectivity index (χ3n) is 11.5. The Balaban J connectivity index is 1.20. The van der Waals surface area contributed by atoms with Crippen LogP contribution in [0.25, 0.3) is 71.8 Å². The molecule has 0 bridgehead atoms. The van der Waals surface area contributed by atoms with E-state index in [9.17, 15) is 0 Å². The van der Waals surface area contributed by atoms with Crippen molar-refractivity contribution in [1.82, 2.24) is 14.5 Å². The van der Waals surface area contributed by atoms with Gasteiger partial charge in [0.15, 0.2) is 5.82 Å². The minimum atomic E-state index is -0.363. The summed E-state index contributed by atoms with van der Waals surface area (Å²) in [7, 11) is 0. The van der Waals surface area contributed by atoms with Crippen LogP contribution in [0.15, 0.2) is 182 Å². The van der Waals surface area contributed by atoms with Crippen LogP contribution in [0, 0.1) is 0 Å². The Kier molecular flexibility index (Phi) is 6.86. The molecule has 260 valence electrons. The van der Waals surface area contributed by atoms with E-state index in [0.717, 1.165) is 50.6 Å². The molecule has 0 saturated carbocycles. The van der Waals surface area contributed by atoms with Crippen LogP contribution >= 0.6 is 0 Å². The number of benzene rings is 8. The zero-order valence-corrected chi connectivity index (χ0v) is 30.6.